The van der Waals surface area contributed by atoms with Crippen LogP contribution in [-0.2, 0) is 6.54 Å². The zero-order valence-corrected chi connectivity index (χ0v) is 16.3. The maximum absolute atomic E-state index is 5.08. The molecule has 1 aliphatic rings. The van der Waals surface area contributed by atoms with E-state index >= 15 is 0 Å². The van der Waals surface area contributed by atoms with E-state index < -0.39 is 0 Å². The van der Waals surface area contributed by atoms with Crippen LogP contribution in [0.3, 0.4) is 0 Å². The molecule has 1 aromatic heterocycles. The molecule has 0 saturated carbocycles. The Morgan fingerprint density at radius 1 is 1.45 bits per heavy atom. The Hall–Kier alpha value is -0.900. The van der Waals surface area contributed by atoms with Crippen LogP contribution in [0.1, 0.15) is 32.5 Å². The molecule has 2 heterocycles. The molecule has 2 N–H and O–H groups in total. The summed E-state index contributed by atoms with van der Waals surface area (Å²) in [6.45, 7) is 11.2. The summed E-state index contributed by atoms with van der Waals surface area (Å²) < 4.78 is 5.08. The molecule has 1 aliphatic heterocycles. The van der Waals surface area contributed by atoms with Gasteiger partial charge in [0.25, 0.3) is 0 Å². The van der Waals surface area contributed by atoms with Gasteiger partial charge in [-0.25, -0.2) is 0 Å². The van der Waals surface area contributed by atoms with Crippen LogP contribution in [-0.4, -0.2) is 53.2 Å². The normalized spacial score (nSPS) is 22.7. The topological polar surface area (TPSA) is 78.6 Å². The first-order valence-corrected chi connectivity index (χ1v) is 7.50. The monoisotopic (exact) mass is 422 g/mol. The van der Waals surface area contributed by atoms with Crippen molar-refractivity contribution in [3.8, 4) is 0 Å². The number of aliphatic imine (C=N–C) groups is 1. The van der Waals surface area contributed by atoms with Crippen molar-refractivity contribution in [2.45, 2.75) is 46.3 Å². The molecule has 126 valence electrons. The van der Waals surface area contributed by atoms with Crippen LogP contribution in [0.15, 0.2) is 9.52 Å². The second kappa shape index (κ2) is 8.66. The van der Waals surface area contributed by atoms with Gasteiger partial charge in [-0.2, -0.15) is 4.98 Å². The summed E-state index contributed by atoms with van der Waals surface area (Å²) in [6, 6.07) is 0.985. The van der Waals surface area contributed by atoms with Gasteiger partial charge in [-0.1, -0.05) is 12.1 Å². The van der Waals surface area contributed by atoms with Crippen molar-refractivity contribution in [2.24, 2.45) is 10.9 Å². The van der Waals surface area contributed by atoms with E-state index in [0.717, 1.165) is 19.0 Å². The molecule has 7 nitrogen and oxygen atoms in total. The van der Waals surface area contributed by atoms with Crippen LogP contribution >= 0.6 is 24.0 Å². The molecule has 0 radical (unpaired) electrons. The van der Waals surface area contributed by atoms with Gasteiger partial charge in [-0.05, 0) is 26.7 Å². The average Bonchev–Trinajstić information content (AvgIpc) is 3.01. The number of likely N-dealkylation sites (tertiary alicyclic amines) is 1. The Morgan fingerprint density at radius 3 is 2.68 bits per heavy atom. The lowest BCUT2D eigenvalue weighted by Gasteiger charge is -2.21. The maximum Gasteiger partial charge on any atom is 0.246 e. The summed E-state index contributed by atoms with van der Waals surface area (Å²) in [4.78, 5) is 10.9. The van der Waals surface area contributed by atoms with Gasteiger partial charge in [0.15, 0.2) is 11.8 Å². The first-order valence-electron chi connectivity index (χ1n) is 7.50. The van der Waals surface area contributed by atoms with E-state index in [9.17, 15) is 0 Å². The molecule has 22 heavy (non-hydrogen) atoms. The number of guanidine groups is 1. The summed E-state index contributed by atoms with van der Waals surface area (Å²) in [7, 11) is 1.77. The average molecular weight is 422 g/mol. The van der Waals surface area contributed by atoms with Crippen LogP contribution < -0.4 is 10.6 Å². The Balaban J connectivity index is 0.00000242. The third kappa shape index (κ3) is 5.08. The molecule has 0 aliphatic carbocycles. The van der Waals surface area contributed by atoms with Gasteiger partial charge in [-0.15, -0.1) is 24.0 Å². The second-order valence-electron chi connectivity index (χ2n) is 5.94. The van der Waals surface area contributed by atoms with Crippen LogP contribution in [0.25, 0.3) is 0 Å². The van der Waals surface area contributed by atoms with E-state index in [1.807, 2.05) is 0 Å². The zero-order valence-electron chi connectivity index (χ0n) is 14.0. The number of rotatable bonds is 4. The minimum absolute atomic E-state index is 0. The third-order valence-electron chi connectivity index (χ3n) is 3.89. The van der Waals surface area contributed by atoms with E-state index in [4.69, 9.17) is 4.52 Å². The molecule has 1 saturated heterocycles. The SMILES string of the molecule is CN=C(NCc1nc(C)no1)NC1CN(C(C)C)CC1C.I. The van der Waals surface area contributed by atoms with Gasteiger partial charge in [0.1, 0.15) is 0 Å². The van der Waals surface area contributed by atoms with Crippen LogP contribution in [0, 0.1) is 12.8 Å². The van der Waals surface area contributed by atoms with Crippen LogP contribution in [0.4, 0.5) is 0 Å². The summed E-state index contributed by atoms with van der Waals surface area (Å²) >= 11 is 0. The lowest BCUT2D eigenvalue weighted by atomic mass is 10.1. The second-order valence-corrected chi connectivity index (χ2v) is 5.94. The molecule has 0 spiro atoms. The first kappa shape index (κ1) is 19.1. The van der Waals surface area contributed by atoms with Crippen molar-refractivity contribution in [1.29, 1.82) is 0 Å². The number of nitrogens with zero attached hydrogens (tertiary/aromatic N) is 4. The lowest BCUT2D eigenvalue weighted by molar-refractivity contribution is 0.265. The molecule has 1 aromatic rings. The molecule has 8 heteroatoms. The molecular weight excluding hydrogens is 395 g/mol. The number of hydrogen-bond donors (Lipinski definition) is 2. The van der Waals surface area contributed by atoms with Gasteiger partial charge in [-0.3, -0.25) is 9.89 Å². The minimum atomic E-state index is 0. The van der Waals surface area contributed by atoms with Gasteiger partial charge in [0, 0.05) is 32.2 Å². The minimum Gasteiger partial charge on any atom is -0.352 e. The number of halogens is 1. The number of aryl methyl sites for hydroxylation is 1. The molecule has 2 rings (SSSR count). The van der Waals surface area contributed by atoms with Crippen molar-refractivity contribution in [2.75, 3.05) is 20.1 Å². The predicted octanol–water partition coefficient (Wildman–Crippen LogP) is 1.39. The fraction of sp³-hybridized carbons (Fsp3) is 0.786. The highest BCUT2D eigenvalue weighted by atomic mass is 127. The van der Waals surface area contributed by atoms with Crippen molar-refractivity contribution in [3.63, 3.8) is 0 Å². The van der Waals surface area contributed by atoms with Crippen molar-refractivity contribution >= 4 is 29.9 Å². The Kier molecular flexibility index (Phi) is 7.54. The summed E-state index contributed by atoms with van der Waals surface area (Å²) in [5.41, 5.74) is 0. The van der Waals surface area contributed by atoms with Gasteiger partial charge >= 0.3 is 0 Å². The molecule has 0 amide bonds. The first-order chi connectivity index (χ1) is 9.99. The van der Waals surface area contributed by atoms with Gasteiger partial charge < -0.3 is 15.2 Å². The summed E-state index contributed by atoms with van der Waals surface area (Å²) in [5.74, 6) is 2.58. The number of aromatic nitrogens is 2. The Bertz CT molecular complexity index is 489. The van der Waals surface area contributed by atoms with Gasteiger partial charge in [0.2, 0.25) is 5.89 Å². The Morgan fingerprint density at radius 2 is 2.18 bits per heavy atom. The fourth-order valence-electron chi connectivity index (χ4n) is 2.56. The van der Waals surface area contributed by atoms with Gasteiger partial charge in [0.05, 0.1) is 6.54 Å². The predicted molar refractivity (Wildman–Crippen MR) is 97.4 cm³/mol. The number of nitrogens with one attached hydrogen (secondary N) is 2. The van der Waals surface area contributed by atoms with E-state index in [1.165, 1.54) is 0 Å². The maximum atomic E-state index is 5.08. The lowest BCUT2D eigenvalue weighted by Crippen LogP contribution is -2.46. The molecule has 0 bridgehead atoms. The van der Waals surface area contributed by atoms with E-state index in [-0.39, 0.29) is 24.0 Å². The molecule has 2 unspecified atom stereocenters. The zero-order chi connectivity index (χ0) is 15.4. The summed E-state index contributed by atoms with van der Waals surface area (Å²) in [5, 5.41) is 10.5. The highest BCUT2D eigenvalue weighted by Crippen LogP contribution is 2.18. The number of hydrogen-bond acceptors (Lipinski definition) is 5. The standard InChI is InChI=1S/C14H26N6O.HI/c1-9(2)20-7-10(3)12(8-20)18-14(15-5)16-6-13-17-11(4)19-21-13;/h9-10,12H,6-8H2,1-5H3,(H2,15,16,18);1H. The molecular formula is C14H27IN6O. The van der Waals surface area contributed by atoms with Crippen molar-refractivity contribution in [3.05, 3.63) is 11.7 Å². The third-order valence-corrected chi connectivity index (χ3v) is 3.89. The quantitative estimate of drug-likeness (QED) is 0.434. The largest absolute Gasteiger partial charge is 0.352 e. The smallest absolute Gasteiger partial charge is 0.246 e. The van der Waals surface area contributed by atoms with E-state index in [2.05, 4.69) is 51.4 Å². The Labute approximate surface area is 149 Å². The van der Waals surface area contributed by atoms with E-state index in [0.29, 0.717) is 36.3 Å². The molecule has 1 fully saturated rings. The fourth-order valence-corrected chi connectivity index (χ4v) is 2.56. The van der Waals surface area contributed by atoms with Crippen molar-refractivity contribution in [1.82, 2.24) is 25.7 Å². The highest BCUT2D eigenvalue weighted by molar-refractivity contribution is 14.0. The van der Waals surface area contributed by atoms with Crippen molar-refractivity contribution < 1.29 is 4.52 Å². The van der Waals surface area contributed by atoms with Crippen LogP contribution in [0.2, 0.25) is 0 Å². The van der Waals surface area contributed by atoms with E-state index in [1.54, 1.807) is 14.0 Å². The van der Waals surface area contributed by atoms with Crippen LogP contribution in [0.5, 0.6) is 0 Å². The molecule has 0 aromatic carbocycles. The summed E-state index contributed by atoms with van der Waals surface area (Å²) in [6.07, 6.45) is 0. The molecule has 2 atom stereocenters. The highest BCUT2D eigenvalue weighted by Gasteiger charge is 2.31.